The summed E-state index contributed by atoms with van der Waals surface area (Å²) >= 11 is 0. The van der Waals surface area contributed by atoms with Crippen LogP contribution in [0, 0.1) is 0 Å². The number of ether oxygens (including phenoxy) is 2. The normalized spacial score (nSPS) is 24.2. The van der Waals surface area contributed by atoms with Crippen LogP contribution in [0.5, 0.6) is 0 Å². The summed E-state index contributed by atoms with van der Waals surface area (Å²) in [6.45, 7) is 7.16. The van der Waals surface area contributed by atoms with Crippen LogP contribution in [0.15, 0.2) is 0 Å². The first-order chi connectivity index (χ1) is 10.3. The van der Waals surface area contributed by atoms with Crippen LogP contribution in [0.25, 0.3) is 0 Å². The van der Waals surface area contributed by atoms with Crippen molar-refractivity contribution in [1.82, 2.24) is 10.2 Å². The highest BCUT2D eigenvalue weighted by molar-refractivity contribution is 5.76. The molecule has 2 saturated heterocycles. The van der Waals surface area contributed by atoms with Gasteiger partial charge in [-0.1, -0.05) is 6.92 Å². The number of rotatable bonds is 7. The molecule has 0 spiro atoms. The van der Waals surface area contributed by atoms with Gasteiger partial charge < -0.3 is 19.7 Å². The fourth-order valence-corrected chi connectivity index (χ4v) is 3.02. The largest absolute Gasteiger partial charge is 0.378 e. The van der Waals surface area contributed by atoms with Gasteiger partial charge in [0.15, 0.2) is 0 Å². The Hall–Kier alpha value is -0.650. The average Bonchev–Trinajstić information content (AvgIpc) is 2.54. The van der Waals surface area contributed by atoms with Gasteiger partial charge in [-0.05, 0) is 45.2 Å². The summed E-state index contributed by atoms with van der Waals surface area (Å²) in [5.41, 5.74) is 0. The molecule has 1 N–H and O–H groups in total. The number of hydrogen-bond donors (Lipinski definition) is 1. The standard InChI is InChI=1S/C16H30N2O3/c1-2-11-20-15-4-3-10-18(13-15)16(19)7-12-21-14-5-8-17-9-6-14/h14-15,17H,2-13H2,1H3. The maximum absolute atomic E-state index is 12.2. The number of piperidine rings is 2. The Morgan fingerprint density at radius 3 is 2.67 bits per heavy atom. The number of likely N-dealkylation sites (tertiary alicyclic amines) is 1. The van der Waals surface area contributed by atoms with E-state index in [0.717, 1.165) is 64.9 Å². The van der Waals surface area contributed by atoms with Crippen molar-refractivity contribution in [1.29, 1.82) is 0 Å². The van der Waals surface area contributed by atoms with Crippen LogP contribution in [-0.2, 0) is 14.3 Å². The minimum absolute atomic E-state index is 0.216. The van der Waals surface area contributed by atoms with Gasteiger partial charge in [0.25, 0.3) is 0 Å². The van der Waals surface area contributed by atoms with Crippen LogP contribution in [0.3, 0.4) is 0 Å². The first kappa shape index (κ1) is 16.7. The molecule has 21 heavy (non-hydrogen) atoms. The van der Waals surface area contributed by atoms with Gasteiger partial charge in [-0.3, -0.25) is 4.79 Å². The first-order valence-corrected chi connectivity index (χ1v) is 8.51. The number of nitrogens with one attached hydrogen (secondary N) is 1. The fourth-order valence-electron chi connectivity index (χ4n) is 3.02. The molecule has 5 heteroatoms. The second-order valence-corrected chi connectivity index (χ2v) is 6.04. The molecule has 0 aromatic carbocycles. The zero-order chi connectivity index (χ0) is 14.9. The third-order valence-electron chi connectivity index (χ3n) is 4.24. The van der Waals surface area contributed by atoms with Gasteiger partial charge in [-0.15, -0.1) is 0 Å². The highest BCUT2D eigenvalue weighted by atomic mass is 16.5. The smallest absolute Gasteiger partial charge is 0.224 e. The number of nitrogens with zero attached hydrogens (tertiary/aromatic N) is 1. The van der Waals surface area contributed by atoms with Crippen molar-refractivity contribution in [2.45, 2.75) is 57.7 Å². The molecule has 1 unspecified atom stereocenters. The monoisotopic (exact) mass is 298 g/mol. The summed E-state index contributed by atoms with van der Waals surface area (Å²) in [5.74, 6) is 0.216. The molecule has 1 atom stereocenters. The molecule has 0 bridgehead atoms. The van der Waals surface area contributed by atoms with E-state index in [1.807, 2.05) is 4.90 Å². The summed E-state index contributed by atoms with van der Waals surface area (Å²) in [6, 6.07) is 0. The minimum Gasteiger partial charge on any atom is -0.378 e. The average molecular weight is 298 g/mol. The van der Waals surface area contributed by atoms with Crippen molar-refractivity contribution in [2.75, 3.05) is 39.4 Å². The summed E-state index contributed by atoms with van der Waals surface area (Å²) < 4.78 is 11.6. The molecule has 1 amide bonds. The summed E-state index contributed by atoms with van der Waals surface area (Å²) in [6.07, 6.45) is 6.35. The quantitative estimate of drug-likeness (QED) is 0.775. The Labute approximate surface area is 128 Å². The van der Waals surface area contributed by atoms with Crippen molar-refractivity contribution >= 4 is 5.91 Å². The Balaban J connectivity index is 1.62. The van der Waals surface area contributed by atoms with E-state index in [1.54, 1.807) is 0 Å². The van der Waals surface area contributed by atoms with Crippen LogP contribution >= 0.6 is 0 Å². The topological polar surface area (TPSA) is 50.8 Å². The highest BCUT2D eigenvalue weighted by Gasteiger charge is 2.24. The highest BCUT2D eigenvalue weighted by Crippen LogP contribution is 2.15. The van der Waals surface area contributed by atoms with Crippen LogP contribution in [-0.4, -0.2) is 62.4 Å². The predicted molar refractivity (Wildman–Crippen MR) is 82.3 cm³/mol. The van der Waals surface area contributed by atoms with E-state index in [-0.39, 0.29) is 12.0 Å². The Morgan fingerprint density at radius 1 is 1.14 bits per heavy atom. The van der Waals surface area contributed by atoms with Crippen molar-refractivity contribution < 1.29 is 14.3 Å². The second kappa shape index (κ2) is 9.38. The molecule has 0 radical (unpaired) electrons. The van der Waals surface area contributed by atoms with Gasteiger partial charge in [-0.25, -0.2) is 0 Å². The predicted octanol–water partition coefficient (Wildman–Crippen LogP) is 1.56. The van der Waals surface area contributed by atoms with E-state index >= 15 is 0 Å². The van der Waals surface area contributed by atoms with E-state index < -0.39 is 0 Å². The van der Waals surface area contributed by atoms with Gasteiger partial charge in [-0.2, -0.15) is 0 Å². The van der Waals surface area contributed by atoms with E-state index in [0.29, 0.717) is 19.1 Å². The van der Waals surface area contributed by atoms with Gasteiger partial charge in [0.1, 0.15) is 0 Å². The van der Waals surface area contributed by atoms with Crippen molar-refractivity contribution in [3.8, 4) is 0 Å². The molecule has 2 heterocycles. The Morgan fingerprint density at radius 2 is 1.90 bits per heavy atom. The second-order valence-electron chi connectivity index (χ2n) is 6.04. The van der Waals surface area contributed by atoms with Crippen molar-refractivity contribution in [3.05, 3.63) is 0 Å². The van der Waals surface area contributed by atoms with Crippen molar-refractivity contribution in [3.63, 3.8) is 0 Å². The zero-order valence-electron chi connectivity index (χ0n) is 13.3. The van der Waals surface area contributed by atoms with E-state index in [9.17, 15) is 4.79 Å². The van der Waals surface area contributed by atoms with Crippen LogP contribution < -0.4 is 5.32 Å². The summed E-state index contributed by atoms with van der Waals surface area (Å²) in [4.78, 5) is 14.2. The lowest BCUT2D eigenvalue weighted by Gasteiger charge is -2.33. The van der Waals surface area contributed by atoms with E-state index in [2.05, 4.69) is 12.2 Å². The van der Waals surface area contributed by atoms with E-state index in [4.69, 9.17) is 9.47 Å². The molecule has 2 fully saturated rings. The van der Waals surface area contributed by atoms with Gasteiger partial charge in [0.05, 0.1) is 25.2 Å². The Kier molecular flexibility index (Phi) is 7.47. The maximum Gasteiger partial charge on any atom is 0.224 e. The molecular formula is C16H30N2O3. The Bertz CT molecular complexity index is 306. The number of carbonyl (C=O) groups is 1. The lowest BCUT2D eigenvalue weighted by Crippen LogP contribution is -2.43. The molecule has 122 valence electrons. The minimum atomic E-state index is 0.216. The molecule has 0 aromatic rings. The van der Waals surface area contributed by atoms with Crippen LogP contribution in [0.2, 0.25) is 0 Å². The molecular weight excluding hydrogens is 268 g/mol. The van der Waals surface area contributed by atoms with E-state index in [1.165, 1.54) is 0 Å². The first-order valence-electron chi connectivity index (χ1n) is 8.51. The summed E-state index contributed by atoms with van der Waals surface area (Å²) in [7, 11) is 0. The number of amides is 1. The van der Waals surface area contributed by atoms with Crippen LogP contribution in [0.1, 0.15) is 45.4 Å². The molecule has 2 aliphatic heterocycles. The number of hydrogen-bond acceptors (Lipinski definition) is 4. The van der Waals surface area contributed by atoms with Gasteiger partial charge in [0.2, 0.25) is 5.91 Å². The molecule has 0 saturated carbocycles. The maximum atomic E-state index is 12.2. The SMILES string of the molecule is CCCOC1CCCN(C(=O)CCOC2CCNCC2)C1. The lowest BCUT2D eigenvalue weighted by molar-refractivity contribution is -0.137. The lowest BCUT2D eigenvalue weighted by atomic mass is 10.1. The fraction of sp³-hybridized carbons (Fsp3) is 0.938. The van der Waals surface area contributed by atoms with Crippen LogP contribution in [0.4, 0.5) is 0 Å². The van der Waals surface area contributed by atoms with Crippen molar-refractivity contribution in [2.24, 2.45) is 0 Å². The number of carbonyl (C=O) groups excluding carboxylic acids is 1. The molecule has 2 aliphatic rings. The van der Waals surface area contributed by atoms with Gasteiger partial charge in [0, 0.05) is 19.7 Å². The third-order valence-corrected chi connectivity index (χ3v) is 4.24. The summed E-state index contributed by atoms with van der Waals surface area (Å²) in [5, 5.41) is 3.32. The molecule has 5 nitrogen and oxygen atoms in total. The van der Waals surface area contributed by atoms with Gasteiger partial charge >= 0.3 is 0 Å². The third kappa shape index (κ3) is 5.93. The zero-order valence-corrected chi connectivity index (χ0v) is 13.3. The molecule has 0 aromatic heterocycles. The molecule has 2 rings (SSSR count). The molecule has 0 aliphatic carbocycles.